The molecule has 0 amide bonds. The summed E-state index contributed by atoms with van der Waals surface area (Å²) in [6.07, 6.45) is 1.84. The largest absolute Gasteiger partial charge is 0.306 e. The van der Waals surface area contributed by atoms with E-state index in [0.717, 1.165) is 0 Å². The molecule has 1 aliphatic rings. The first-order chi connectivity index (χ1) is 6.75. The Morgan fingerprint density at radius 2 is 2.36 bits per heavy atom. The monoisotopic (exact) mass is 228 g/mol. The van der Waals surface area contributed by atoms with E-state index in [1.54, 1.807) is 0 Å². The zero-order valence-corrected chi connectivity index (χ0v) is 9.61. The van der Waals surface area contributed by atoms with Gasteiger partial charge >= 0.3 is 0 Å². The van der Waals surface area contributed by atoms with Gasteiger partial charge in [0.1, 0.15) is 5.15 Å². The van der Waals surface area contributed by atoms with Crippen LogP contribution in [0.5, 0.6) is 0 Å². The van der Waals surface area contributed by atoms with E-state index in [4.69, 9.17) is 11.6 Å². The van der Waals surface area contributed by atoms with Gasteiger partial charge in [0.15, 0.2) is 0 Å². The Kier molecular flexibility index (Phi) is 3.31. The molecule has 2 nitrogen and oxygen atoms in total. The van der Waals surface area contributed by atoms with Crippen molar-refractivity contribution in [1.29, 1.82) is 0 Å². The van der Waals surface area contributed by atoms with Gasteiger partial charge in [0, 0.05) is 29.8 Å². The standard InChI is InChI=1S/C10H13ClN2S/c1-7(13-9-5-14-6-9)8-2-3-10(11)12-4-8/h2-4,7,9,13H,5-6H2,1H3. The minimum atomic E-state index is 0.366. The van der Waals surface area contributed by atoms with Crippen molar-refractivity contribution in [3.63, 3.8) is 0 Å². The third-order valence-corrected chi connectivity index (χ3v) is 3.87. The van der Waals surface area contributed by atoms with E-state index in [0.29, 0.717) is 17.2 Å². The van der Waals surface area contributed by atoms with Crippen molar-refractivity contribution in [1.82, 2.24) is 10.3 Å². The Morgan fingerprint density at radius 3 is 2.86 bits per heavy atom. The first-order valence-electron chi connectivity index (χ1n) is 4.71. The fraction of sp³-hybridized carbons (Fsp3) is 0.500. The van der Waals surface area contributed by atoms with E-state index in [1.165, 1.54) is 17.1 Å². The lowest BCUT2D eigenvalue weighted by Gasteiger charge is -2.29. The topological polar surface area (TPSA) is 24.9 Å². The lowest BCUT2D eigenvalue weighted by molar-refractivity contribution is 0.502. The number of nitrogens with zero attached hydrogens (tertiary/aromatic N) is 1. The molecule has 0 spiro atoms. The van der Waals surface area contributed by atoms with E-state index >= 15 is 0 Å². The van der Waals surface area contributed by atoms with E-state index < -0.39 is 0 Å². The van der Waals surface area contributed by atoms with Crippen LogP contribution in [-0.4, -0.2) is 22.5 Å². The number of pyridine rings is 1. The maximum absolute atomic E-state index is 5.73. The summed E-state index contributed by atoms with van der Waals surface area (Å²) in [4.78, 5) is 4.07. The molecule has 0 radical (unpaired) electrons. The second kappa shape index (κ2) is 4.51. The second-order valence-corrected chi connectivity index (χ2v) is 5.00. The minimum absolute atomic E-state index is 0.366. The molecule has 0 saturated carbocycles. The van der Waals surface area contributed by atoms with E-state index in [1.807, 2.05) is 30.1 Å². The Bertz CT molecular complexity index is 297. The molecular formula is C10H13ClN2S. The van der Waals surface area contributed by atoms with E-state index in [-0.39, 0.29) is 0 Å². The van der Waals surface area contributed by atoms with Gasteiger partial charge in [0.25, 0.3) is 0 Å². The van der Waals surface area contributed by atoms with Crippen LogP contribution >= 0.6 is 23.4 Å². The molecule has 4 heteroatoms. The van der Waals surface area contributed by atoms with Crippen molar-refractivity contribution in [2.45, 2.75) is 19.0 Å². The van der Waals surface area contributed by atoms with Gasteiger partial charge in [-0.2, -0.15) is 11.8 Å². The lowest BCUT2D eigenvalue weighted by Crippen LogP contribution is -2.41. The number of halogens is 1. The predicted octanol–water partition coefficient (Wildman–Crippen LogP) is 2.50. The average Bonchev–Trinajstić information content (AvgIpc) is 2.12. The van der Waals surface area contributed by atoms with Crippen LogP contribution in [0, 0.1) is 0 Å². The van der Waals surface area contributed by atoms with Gasteiger partial charge in [-0.15, -0.1) is 0 Å². The summed E-state index contributed by atoms with van der Waals surface area (Å²) in [6.45, 7) is 2.16. The van der Waals surface area contributed by atoms with Crippen LogP contribution in [0.15, 0.2) is 18.3 Å². The lowest BCUT2D eigenvalue weighted by atomic mass is 10.1. The SMILES string of the molecule is CC(NC1CSC1)c1ccc(Cl)nc1. The minimum Gasteiger partial charge on any atom is -0.306 e. The fourth-order valence-corrected chi connectivity index (χ4v) is 2.20. The summed E-state index contributed by atoms with van der Waals surface area (Å²) >= 11 is 7.71. The molecule has 1 saturated heterocycles. The quantitative estimate of drug-likeness (QED) is 0.805. The van der Waals surface area contributed by atoms with Crippen molar-refractivity contribution < 1.29 is 0 Å². The van der Waals surface area contributed by atoms with Gasteiger partial charge in [-0.25, -0.2) is 4.98 Å². The van der Waals surface area contributed by atoms with Crippen LogP contribution in [0.1, 0.15) is 18.5 Å². The third kappa shape index (κ3) is 2.41. The van der Waals surface area contributed by atoms with Crippen molar-refractivity contribution in [3.8, 4) is 0 Å². The summed E-state index contributed by atoms with van der Waals surface area (Å²) in [5.41, 5.74) is 1.20. The van der Waals surface area contributed by atoms with E-state index in [9.17, 15) is 0 Å². The Labute approximate surface area is 93.4 Å². The number of hydrogen-bond donors (Lipinski definition) is 1. The molecule has 0 aliphatic carbocycles. The molecule has 2 rings (SSSR count). The highest BCUT2D eigenvalue weighted by molar-refractivity contribution is 8.00. The van der Waals surface area contributed by atoms with Gasteiger partial charge in [0.2, 0.25) is 0 Å². The summed E-state index contributed by atoms with van der Waals surface area (Å²) in [6, 6.07) is 4.90. The molecule has 1 fully saturated rings. The van der Waals surface area contributed by atoms with Gasteiger partial charge in [-0.3, -0.25) is 0 Å². The normalized spacial score (nSPS) is 19.0. The van der Waals surface area contributed by atoms with Crippen LogP contribution in [-0.2, 0) is 0 Å². The van der Waals surface area contributed by atoms with Crippen LogP contribution < -0.4 is 5.32 Å². The molecule has 1 atom stereocenters. The summed E-state index contributed by atoms with van der Waals surface area (Å²) in [5.74, 6) is 2.46. The molecule has 1 aromatic rings. The molecule has 0 bridgehead atoms. The van der Waals surface area contributed by atoms with Crippen LogP contribution in [0.4, 0.5) is 0 Å². The molecule has 1 aliphatic heterocycles. The molecule has 1 aromatic heterocycles. The van der Waals surface area contributed by atoms with Crippen molar-refractivity contribution in [2.24, 2.45) is 0 Å². The first-order valence-corrected chi connectivity index (χ1v) is 6.24. The van der Waals surface area contributed by atoms with Crippen molar-refractivity contribution in [2.75, 3.05) is 11.5 Å². The summed E-state index contributed by atoms with van der Waals surface area (Å²) in [5, 5.41) is 4.10. The summed E-state index contributed by atoms with van der Waals surface area (Å²) < 4.78 is 0. The number of rotatable bonds is 3. The van der Waals surface area contributed by atoms with Crippen LogP contribution in [0.25, 0.3) is 0 Å². The molecule has 1 N–H and O–H groups in total. The second-order valence-electron chi connectivity index (χ2n) is 3.54. The van der Waals surface area contributed by atoms with Crippen molar-refractivity contribution in [3.05, 3.63) is 29.0 Å². The Balaban J connectivity index is 1.95. The van der Waals surface area contributed by atoms with E-state index in [2.05, 4.69) is 17.2 Å². The molecule has 1 unspecified atom stereocenters. The highest BCUT2D eigenvalue weighted by atomic mass is 35.5. The zero-order valence-electron chi connectivity index (χ0n) is 8.03. The Morgan fingerprint density at radius 1 is 1.57 bits per heavy atom. The number of aromatic nitrogens is 1. The predicted molar refractivity (Wildman–Crippen MR) is 61.9 cm³/mol. The van der Waals surface area contributed by atoms with Crippen molar-refractivity contribution >= 4 is 23.4 Å². The first kappa shape index (κ1) is 10.3. The maximum Gasteiger partial charge on any atom is 0.129 e. The molecular weight excluding hydrogens is 216 g/mol. The summed E-state index contributed by atoms with van der Waals surface area (Å²) in [7, 11) is 0. The molecule has 76 valence electrons. The highest BCUT2D eigenvalue weighted by Crippen LogP contribution is 2.21. The van der Waals surface area contributed by atoms with Crippen LogP contribution in [0.3, 0.4) is 0 Å². The van der Waals surface area contributed by atoms with Gasteiger partial charge in [-0.1, -0.05) is 17.7 Å². The fourth-order valence-electron chi connectivity index (χ4n) is 1.43. The maximum atomic E-state index is 5.73. The Hall–Kier alpha value is -0.250. The average molecular weight is 229 g/mol. The van der Waals surface area contributed by atoms with Crippen LogP contribution in [0.2, 0.25) is 5.15 Å². The van der Waals surface area contributed by atoms with Gasteiger partial charge in [-0.05, 0) is 18.6 Å². The number of hydrogen-bond acceptors (Lipinski definition) is 3. The molecule has 2 heterocycles. The number of thioether (sulfide) groups is 1. The highest BCUT2D eigenvalue weighted by Gasteiger charge is 2.20. The van der Waals surface area contributed by atoms with Gasteiger partial charge < -0.3 is 5.32 Å². The third-order valence-electron chi connectivity index (χ3n) is 2.37. The van der Waals surface area contributed by atoms with Gasteiger partial charge in [0.05, 0.1) is 0 Å². The molecule has 14 heavy (non-hydrogen) atoms. The molecule has 0 aromatic carbocycles. The smallest absolute Gasteiger partial charge is 0.129 e. The number of nitrogens with one attached hydrogen (secondary N) is 1. The zero-order chi connectivity index (χ0) is 9.97.